The first-order valence-electron chi connectivity index (χ1n) is 4.71. The number of rotatable bonds is 5. The summed E-state index contributed by atoms with van der Waals surface area (Å²) in [7, 11) is 0. The van der Waals surface area contributed by atoms with E-state index < -0.39 is 0 Å². The Kier molecular flexibility index (Phi) is 5.31. The molecular weight excluding hydrogens is 219 g/mol. The highest BCUT2D eigenvalue weighted by Crippen LogP contribution is 2.12. The average molecular weight is 233 g/mol. The molecule has 1 aromatic carbocycles. The lowest BCUT2D eigenvalue weighted by Gasteiger charge is -2.09. The smallest absolute Gasteiger partial charge is 0.0581 e. The van der Waals surface area contributed by atoms with Crippen LogP contribution in [0.3, 0.4) is 0 Å². The summed E-state index contributed by atoms with van der Waals surface area (Å²) in [5.74, 6) is 0.609. The minimum Gasteiger partial charge on any atom is -0.393 e. The second-order valence-electron chi connectivity index (χ2n) is 3.32. The van der Waals surface area contributed by atoms with Gasteiger partial charge in [-0.2, -0.15) is 0 Å². The van der Waals surface area contributed by atoms with E-state index in [1.165, 1.54) is 0 Å². The van der Waals surface area contributed by atoms with Crippen molar-refractivity contribution in [2.24, 2.45) is 0 Å². The predicted octanol–water partition coefficient (Wildman–Crippen LogP) is 3.26. The van der Waals surface area contributed by atoms with E-state index in [0.29, 0.717) is 12.3 Å². The molecule has 0 fully saturated rings. The maximum atomic E-state index is 9.61. The van der Waals surface area contributed by atoms with Gasteiger partial charge in [0.25, 0.3) is 0 Å². The fourth-order valence-corrected chi connectivity index (χ4v) is 1.59. The van der Waals surface area contributed by atoms with E-state index in [4.69, 9.17) is 23.2 Å². The maximum Gasteiger partial charge on any atom is 0.0581 e. The van der Waals surface area contributed by atoms with Crippen LogP contribution >= 0.6 is 23.2 Å². The summed E-state index contributed by atoms with van der Waals surface area (Å²) < 4.78 is 0. The lowest BCUT2D eigenvalue weighted by atomic mass is 10.1. The van der Waals surface area contributed by atoms with Crippen LogP contribution in [0, 0.1) is 0 Å². The molecular formula is C11H14Cl2O. The van der Waals surface area contributed by atoms with E-state index in [9.17, 15) is 5.11 Å². The van der Waals surface area contributed by atoms with Gasteiger partial charge in [0, 0.05) is 10.9 Å². The van der Waals surface area contributed by atoms with Crippen molar-refractivity contribution in [1.82, 2.24) is 0 Å². The molecule has 1 unspecified atom stereocenters. The predicted molar refractivity (Wildman–Crippen MR) is 61.1 cm³/mol. The van der Waals surface area contributed by atoms with Crippen molar-refractivity contribution >= 4 is 23.2 Å². The Labute approximate surface area is 94.7 Å². The van der Waals surface area contributed by atoms with Gasteiger partial charge in [0.15, 0.2) is 0 Å². The van der Waals surface area contributed by atoms with E-state index in [1.807, 2.05) is 24.3 Å². The largest absolute Gasteiger partial charge is 0.393 e. The number of aliphatic hydroxyl groups is 1. The SMILES string of the molecule is OC(CCCCl)Cc1ccc(Cl)cc1. The molecule has 14 heavy (non-hydrogen) atoms. The molecule has 1 N–H and O–H groups in total. The van der Waals surface area contributed by atoms with Crippen molar-refractivity contribution in [2.45, 2.75) is 25.4 Å². The van der Waals surface area contributed by atoms with Crippen LogP contribution < -0.4 is 0 Å². The van der Waals surface area contributed by atoms with Crippen molar-refractivity contribution in [3.63, 3.8) is 0 Å². The second kappa shape index (κ2) is 6.28. The van der Waals surface area contributed by atoms with E-state index >= 15 is 0 Å². The normalized spacial score (nSPS) is 12.8. The average Bonchev–Trinajstić information content (AvgIpc) is 2.18. The summed E-state index contributed by atoms with van der Waals surface area (Å²) in [5, 5.41) is 10.3. The van der Waals surface area contributed by atoms with Gasteiger partial charge in [0.2, 0.25) is 0 Å². The van der Waals surface area contributed by atoms with E-state index in [2.05, 4.69) is 0 Å². The zero-order valence-electron chi connectivity index (χ0n) is 7.92. The molecule has 0 saturated carbocycles. The van der Waals surface area contributed by atoms with Crippen LogP contribution in [0.2, 0.25) is 5.02 Å². The van der Waals surface area contributed by atoms with E-state index in [1.54, 1.807) is 0 Å². The first-order chi connectivity index (χ1) is 6.72. The zero-order valence-corrected chi connectivity index (χ0v) is 9.43. The first-order valence-corrected chi connectivity index (χ1v) is 5.62. The summed E-state index contributed by atoms with van der Waals surface area (Å²) in [6.45, 7) is 0. The lowest BCUT2D eigenvalue weighted by molar-refractivity contribution is 0.164. The fraction of sp³-hybridized carbons (Fsp3) is 0.455. The number of hydrogen-bond donors (Lipinski definition) is 1. The molecule has 0 aliphatic rings. The van der Waals surface area contributed by atoms with Gasteiger partial charge in [-0.25, -0.2) is 0 Å². The Bertz CT molecular complexity index is 258. The van der Waals surface area contributed by atoms with Crippen molar-refractivity contribution in [3.05, 3.63) is 34.9 Å². The van der Waals surface area contributed by atoms with Crippen molar-refractivity contribution in [2.75, 3.05) is 5.88 Å². The first kappa shape index (κ1) is 11.8. The minimum atomic E-state index is -0.296. The molecule has 1 nitrogen and oxygen atoms in total. The van der Waals surface area contributed by atoms with E-state index in [0.717, 1.165) is 23.4 Å². The van der Waals surface area contributed by atoms with Crippen molar-refractivity contribution < 1.29 is 5.11 Å². The van der Waals surface area contributed by atoms with Crippen molar-refractivity contribution in [1.29, 1.82) is 0 Å². The van der Waals surface area contributed by atoms with Gasteiger partial charge in [0.1, 0.15) is 0 Å². The summed E-state index contributed by atoms with van der Waals surface area (Å²) in [6, 6.07) is 7.55. The topological polar surface area (TPSA) is 20.2 Å². The summed E-state index contributed by atoms with van der Waals surface area (Å²) in [6.07, 6.45) is 1.99. The highest BCUT2D eigenvalue weighted by Gasteiger charge is 2.04. The summed E-state index contributed by atoms with van der Waals surface area (Å²) in [4.78, 5) is 0. The van der Waals surface area contributed by atoms with Crippen LogP contribution in [-0.2, 0) is 6.42 Å². The van der Waals surface area contributed by atoms with E-state index in [-0.39, 0.29) is 6.10 Å². The minimum absolute atomic E-state index is 0.296. The van der Waals surface area contributed by atoms with Crippen LogP contribution in [0.4, 0.5) is 0 Å². The van der Waals surface area contributed by atoms with Crippen molar-refractivity contribution in [3.8, 4) is 0 Å². The van der Waals surface area contributed by atoms with Gasteiger partial charge in [-0.3, -0.25) is 0 Å². The highest BCUT2D eigenvalue weighted by molar-refractivity contribution is 6.30. The molecule has 0 heterocycles. The van der Waals surface area contributed by atoms with Gasteiger partial charge in [-0.05, 0) is 37.0 Å². The van der Waals surface area contributed by atoms with Crippen LogP contribution in [0.5, 0.6) is 0 Å². The number of alkyl halides is 1. The molecule has 0 saturated heterocycles. The van der Waals surface area contributed by atoms with Gasteiger partial charge in [0.05, 0.1) is 6.10 Å². The summed E-state index contributed by atoms with van der Waals surface area (Å²) in [5.41, 5.74) is 1.11. The zero-order chi connectivity index (χ0) is 10.4. The molecule has 1 aromatic rings. The fourth-order valence-electron chi connectivity index (χ4n) is 1.31. The molecule has 1 atom stereocenters. The van der Waals surface area contributed by atoms with Crippen LogP contribution in [0.25, 0.3) is 0 Å². The highest BCUT2D eigenvalue weighted by atomic mass is 35.5. The third kappa shape index (κ3) is 4.32. The second-order valence-corrected chi connectivity index (χ2v) is 4.13. The lowest BCUT2D eigenvalue weighted by Crippen LogP contribution is -2.10. The molecule has 0 spiro atoms. The number of aliphatic hydroxyl groups excluding tert-OH is 1. The summed E-state index contributed by atoms with van der Waals surface area (Å²) >= 11 is 11.3. The molecule has 0 aromatic heterocycles. The molecule has 78 valence electrons. The Morgan fingerprint density at radius 2 is 1.86 bits per heavy atom. The van der Waals surface area contributed by atoms with Crippen LogP contribution in [0.1, 0.15) is 18.4 Å². The van der Waals surface area contributed by atoms with Crippen LogP contribution in [-0.4, -0.2) is 17.1 Å². The van der Waals surface area contributed by atoms with Gasteiger partial charge in [-0.1, -0.05) is 23.7 Å². The number of benzene rings is 1. The Balaban J connectivity index is 2.39. The monoisotopic (exact) mass is 232 g/mol. The Morgan fingerprint density at radius 1 is 1.21 bits per heavy atom. The molecule has 0 aliphatic heterocycles. The maximum absolute atomic E-state index is 9.61. The quantitative estimate of drug-likeness (QED) is 0.774. The van der Waals surface area contributed by atoms with Gasteiger partial charge in [-0.15, -0.1) is 11.6 Å². The number of halogens is 2. The standard InChI is InChI=1S/C11H14Cl2O/c12-7-1-2-11(14)8-9-3-5-10(13)6-4-9/h3-6,11,14H,1-2,7-8H2. The molecule has 3 heteroatoms. The third-order valence-electron chi connectivity index (χ3n) is 2.06. The Morgan fingerprint density at radius 3 is 2.43 bits per heavy atom. The molecule has 0 aliphatic carbocycles. The molecule has 0 bridgehead atoms. The number of hydrogen-bond acceptors (Lipinski definition) is 1. The molecule has 0 amide bonds. The molecule has 1 rings (SSSR count). The Hall–Kier alpha value is -0.240. The van der Waals surface area contributed by atoms with Gasteiger partial charge >= 0.3 is 0 Å². The van der Waals surface area contributed by atoms with Crippen LogP contribution in [0.15, 0.2) is 24.3 Å². The molecule has 0 radical (unpaired) electrons. The third-order valence-corrected chi connectivity index (χ3v) is 2.57. The van der Waals surface area contributed by atoms with Gasteiger partial charge < -0.3 is 5.11 Å².